The largest absolute Gasteiger partial charge is 0.545 e. The summed E-state index contributed by atoms with van der Waals surface area (Å²) >= 11 is 0. The lowest BCUT2D eigenvalue weighted by Crippen LogP contribution is -2.23. The van der Waals surface area contributed by atoms with Crippen LogP contribution in [0.5, 0.6) is 5.75 Å². The molecule has 0 spiro atoms. The monoisotopic (exact) mass is 361 g/mol. The second kappa shape index (κ2) is 6.39. The Balaban J connectivity index is 1.61. The Bertz CT molecular complexity index is 1010. The van der Waals surface area contributed by atoms with Gasteiger partial charge in [0.2, 0.25) is 0 Å². The van der Waals surface area contributed by atoms with E-state index in [-0.39, 0.29) is 17.6 Å². The van der Waals surface area contributed by atoms with E-state index in [9.17, 15) is 14.7 Å². The van der Waals surface area contributed by atoms with E-state index in [2.05, 4.69) is 5.10 Å². The molecule has 6 nitrogen and oxygen atoms in total. The predicted octanol–water partition coefficient (Wildman–Crippen LogP) is 2.18. The third-order valence-corrected chi connectivity index (χ3v) is 4.64. The van der Waals surface area contributed by atoms with Crippen LogP contribution in [0.2, 0.25) is 0 Å². The van der Waals surface area contributed by atoms with Crippen molar-refractivity contribution in [3.63, 3.8) is 0 Å². The molecule has 2 aromatic carbocycles. The van der Waals surface area contributed by atoms with Crippen molar-refractivity contribution in [1.29, 1.82) is 0 Å². The number of ether oxygens (including phenoxy) is 1. The number of nitrogens with zero attached hydrogens (tertiary/aromatic N) is 2. The summed E-state index contributed by atoms with van der Waals surface area (Å²) < 4.78 is 5.71. The Kier molecular flexibility index (Phi) is 4.03. The number of hydrogen-bond donors (Lipinski definition) is 0. The van der Waals surface area contributed by atoms with E-state index in [4.69, 9.17) is 4.74 Å². The molecule has 0 N–H and O–H groups in total. The summed E-state index contributed by atoms with van der Waals surface area (Å²) in [6, 6.07) is 11.7. The fourth-order valence-electron chi connectivity index (χ4n) is 3.30. The smallest absolute Gasteiger partial charge is 0.280 e. The van der Waals surface area contributed by atoms with Crippen LogP contribution in [0.4, 0.5) is 5.69 Å². The van der Waals surface area contributed by atoms with Gasteiger partial charge < -0.3 is 14.6 Å². The highest BCUT2D eigenvalue weighted by atomic mass is 16.5. The number of carboxylic acids is 1. The first kappa shape index (κ1) is 17.0. The highest BCUT2D eigenvalue weighted by Gasteiger charge is 2.29. The Morgan fingerprint density at radius 2 is 2.00 bits per heavy atom. The van der Waals surface area contributed by atoms with Crippen LogP contribution in [0.25, 0.3) is 6.08 Å². The number of carbonyl (C=O) groups excluding carboxylic acids is 2. The third kappa shape index (κ3) is 3.10. The molecule has 0 aliphatic carbocycles. The minimum atomic E-state index is -1.26. The Labute approximate surface area is 156 Å². The topological polar surface area (TPSA) is 82.0 Å². The van der Waals surface area contributed by atoms with E-state index in [0.717, 1.165) is 23.3 Å². The fraction of sp³-hybridized carbons (Fsp3) is 0.190. The van der Waals surface area contributed by atoms with Crippen LogP contribution in [-0.2, 0) is 11.2 Å². The molecule has 27 heavy (non-hydrogen) atoms. The molecule has 0 radical (unpaired) electrons. The van der Waals surface area contributed by atoms with Gasteiger partial charge in [0.1, 0.15) is 11.9 Å². The zero-order chi connectivity index (χ0) is 19.1. The minimum Gasteiger partial charge on any atom is -0.545 e. The molecule has 2 aliphatic heterocycles. The zero-order valence-corrected chi connectivity index (χ0v) is 14.9. The second-order valence-corrected chi connectivity index (χ2v) is 6.69. The lowest BCUT2D eigenvalue weighted by Gasteiger charge is -2.12. The van der Waals surface area contributed by atoms with Gasteiger partial charge in [0.25, 0.3) is 5.91 Å². The van der Waals surface area contributed by atoms with E-state index in [1.54, 1.807) is 6.92 Å². The number of carbonyl (C=O) groups is 2. The molecule has 0 fully saturated rings. The molecular weight excluding hydrogens is 344 g/mol. The van der Waals surface area contributed by atoms with Gasteiger partial charge in [0.05, 0.1) is 22.9 Å². The summed E-state index contributed by atoms with van der Waals surface area (Å²) in [6.07, 6.45) is 2.84. The molecule has 136 valence electrons. The van der Waals surface area contributed by atoms with Crippen LogP contribution >= 0.6 is 0 Å². The molecule has 0 aromatic heterocycles. The highest BCUT2D eigenvalue weighted by Crippen LogP contribution is 2.31. The maximum Gasteiger partial charge on any atom is 0.280 e. The zero-order valence-electron chi connectivity index (χ0n) is 14.9. The van der Waals surface area contributed by atoms with E-state index < -0.39 is 5.97 Å². The molecule has 2 heterocycles. The van der Waals surface area contributed by atoms with Crippen LogP contribution in [0.15, 0.2) is 53.1 Å². The van der Waals surface area contributed by atoms with Crippen molar-refractivity contribution in [2.24, 2.45) is 5.10 Å². The summed E-state index contributed by atoms with van der Waals surface area (Å²) in [5, 5.41) is 16.5. The maximum atomic E-state index is 12.8. The van der Waals surface area contributed by atoms with Crippen molar-refractivity contribution in [1.82, 2.24) is 0 Å². The van der Waals surface area contributed by atoms with E-state index in [0.29, 0.717) is 17.0 Å². The summed E-state index contributed by atoms with van der Waals surface area (Å²) in [4.78, 5) is 23.7. The average molecular weight is 361 g/mol. The first-order valence-corrected chi connectivity index (χ1v) is 8.65. The van der Waals surface area contributed by atoms with Crippen LogP contribution < -0.4 is 14.9 Å². The van der Waals surface area contributed by atoms with E-state index in [1.807, 2.05) is 31.2 Å². The molecule has 6 heteroatoms. The normalized spacial score (nSPS) is 19.9. The van der Waals surface area contributed by atoms with Gasteiger partial charge in [-0.3, -0.25) is 4.79 Å². The van der Waals surface area contributed by atoms with Crippen molar-refractivity contribution >= 4 is 29.4 Å². The molecule has 2 aliphatic rings. The lowest BCUT2D eigenvalue weighted by molar-refractivity contribution is -0.255. The number of benzene rings is 2. The van der Waals surface area contributed by atoms with Crippen LogP contribution in [-0.4, -0.2) is 23.7 Å². The highest BCUT2D eigenvalue weighted by molar-refractivity contribution is 6.32. The molecule has 0 saturated carbocycles. The summed E-state index contributed by atoms with van der Waals surface area (Å²) in [6.45, 7) is 3.80. The number of aromatic carboxylic acids is 1. The van der Waals surface area contributed by atoms with Gasteiger partial charge in [-0.25, -0.2) is 0 Å². The van der Waals surface area contributed by atoms with Gasteiger partial charge >= 0.3 is 0 Å². The fourth-order valence-corrected chi connectivity index (χ4v) is 3.30. The van der Waals surface area contributed by atoms with Gasteiger partial charge in [-0.15, -0.1) is 0 Å². The molecule has 0 saturated heterocycles. The van der Waals surface area contributed by atoms with Crippen molar-refractivity contribution in [2.45, 2.75) is 26.4 Å². The third-order valence-electron chi connectivity index (χ3n) is 4.64. The molecule has 2 aromatic rings. The van der Waals surface area contributed by atoms with Crippen molar-refractivity contribution in [3.8, 4) is 5.75 Å². The standard InChI is InChI=1S/C21H18N2O4/c1-12-9-16-10-14(3-8-19(16)27-12)11-18-13(2)22-23(20(18)24)17-6-4-15(5-7-17)21(25)26/h3-8,10-12H,9H2,1-2H3,(H,25,26)/p-1/b18-11-/t12-/m0/s1. The first-order valence-electron chi connectivity index (χ1n) is 8.65. The van der Waals surface area contributed by atoms with Gasteiger partial charge in [0.15, 0.2) is 0 Å². The van der Waals surface area contributed by atoms with Crippen molar-refractivity contribution < 1.29 is 19.4 Å². The SMILES string of the molecule is CC1=NN(c2ccc(C(=O)[O-])cc2)C(=O)/C1=C\c1ccc2c(c1)C[C@H](C)O2. The van der Waals surface area contributed by atoms with Gasteiger partial charge in [-0.05, 0) is 60.9 Å². The van der Waals surface area contributed by atoms with Gasteiger partial charge in [-0.1, -0.05) is 18.2 Å². The van der Waals surface area contributed by atoms with Crippen molar-refractivity contribution in [3.05, 3.63) is 64.7 Å². The molecule has 0 bridgehead atoms. The van der Waals surface area contributed by atoms with Crippen LogP contribution in [0, 0.1) is 0 Å². The van der Waals surface area contributed by atoms with E-state index in [1.165, 1.54) is 29.3 Å². The number of amides is 1. The number of rotatable bonds is 3. The van der Waals surface area contributed by atoms with Crippen molar-refractivity contribution in [2.75, 3.05) is 5.01 Å². The molecular formula is C21H17N2O4-. The number of fused-ring (bicyclic) bond motifs is 1. The number of hydrazone groups is 1. The van der Waals surface area contributed by atoms with Crippen LogP contribution in [0.1, 0.15) is 35.3 Å². The van der Waals surface area contributed by atoms with Crippen LogP contribution in [0.3, 0.4) is 0 Å². The summed E-state index contributed by atoms with van der Waals surface area (Å²) in [5.41, 5.74) is 3.71. The number of carboxylic acid groups (broad SMARTS) is 1. The lowest BCUT2D eigenvalue weighted by atomic mass is 10.0. The Morgan fingerprint density at radius 1 is 1.26 bits per heavy atom. The second-order valence-electron chi connectivity index (χ2n) is 6.69. The Morgan fingerprint density at radius 3 is 2.70 bits per heavy atom. The summed E-state index contributed by atoms with van der Waals surface area (Å²) in [7, 11) is 0. The first-order chi connectivity index (χ1) is 12.9. The Hall–Kier alpha value is -3.41. The summed E-state index contributed by atoms with van der Waals surface area (Å²) in [5.74, 6) is -0.620. The molecule has 0 unspecified atom stereocenters. The number of anilines is 1. The maximum absolute atomic E-state index is 12.8. The number of hydrogen-bond acceptors (Lipinski definition) is 5. The van der Waals surface area contributed by atoms with E-state index >= 15 is 0 Å². The van der Waals surface area contributed by atoms with Gasteiger partial charge in [-0.2, -0.15) is 10.1 Å². The minimum absolute atomic E-state index is 0.0523. The molecule has 1 amide bonds. The molecule has 1 atom stereocenters. The molecule has 4 rings (SSSR count). The predicted molar refractivity (Wildman–Crippen MR) is 99.6 cm³/mol. The average Bonchev–Trinajstić information content (AvgIpc) is 3.15. The van der Waals surface area contributed by atoms with Gasteiger partial charge in [0, 0.05) is 6.42 Å². The quantitative estimate of drug-likeness (QED) is 0.785.